The minimum atomic E-state index is -3.76. The molecule has 4 rings (SSSR count). The van der Waals surface area contributed by atoms with Gasteiger partial charge in [0.05, 0.1) is 30.5 Å². The Bertz CT molecular complexity index is 961. The predicted octanol–water partition coefficient (Wildman–Crippen LogP) is 1.05. The van der Waals surface area contributed by atoms with Crippen molar-refractivity contribution in [1.82, 2.24) is 19.1 Å². The van der Waals surface area contributed by atoms with Crippen molar-refractivity contribution in [2.24, 2.45) is 11.8 Å². The smallest absolute Gasteiger partial charge is 0.276 e. The zero-order valence-corrected chi connectivity index (χ0v) is 17.7. The number of nitrogens with zero attached hydrogens (tertiary/aromatic N) is 4. The Hall–Kier alpha value is -2.20. The summed E-state index contributed by atoms with van der Waals surface area (Å²) in [5, 5.41) is 0. The minimum absolute atomic E-state index is 0.126. The van der Waals surface area contributed by atoms with Crippen molar-refractivity contribution in [3.63, 3.8) is 0 Å². The van der Waals surface area contributed by atoms with E-state index in [9.17, 15) is 18.0 Å². The van der Waals surface area contributed by atoms with Gasteiger partial charge in [-0.1, -0.05) is 13.8 Å². The highest BCUT2D eigenvalue weighted by Gasteiger charge is 2.55. The molecular weight excluding hydrogens is 396 g/mol. The van der Waals surface area contributed by atoms with Gasteiger partial charge in [-0.15, -0.1) is 0 Å². The number of sulfonamides is 1. The number of amides is 2. The molecule has 0 spiro atoms. The molecule has 2 atom stereocenters. The summed E-state index contributed by atoms with van der Waals surface area (Å²) in [4.78, 5) is 34.1. The maximum Gasteiger partial charge on any atom is 0.276 e. The lowest BCUT2D eigenvalue weighted by atomic mass is 9.89. The Morgan fingerprint density at radius 2 is 2.00 bits per heavy atom. The van der Waals surface area contributed by atoms with E-state index in [-0.39, 0.29) is 24.1 Å². The molecular formula is C19H26N4O5S. The molecule has 29 heavy (non-hydrogen) atoms. The molecule has 10 heteroatoms. The summed E-state index contributed by atoms with van der Waals surface area (Å²) in [6.45, 7) is 6.50. The first-order valence-electron chi connectivity index (χ1n) is 9.90. The third kappa shape index (κ3) is 3.48. The molecule has 0 bridgehead atoms. The second-order valence-corrected chi connectivity index (χ2v) is 10.1. The van der Waals surface area contributed by atoms with Crippen LogP contribution in [0.25, 0.3) is 0 Å². The van der Waals surface area contributed by atoms with Crippen molar-refractivity contribution >= 4 is 21.8 Å². The third-order valence-electron chi connectivity index (χ3n) is 5.84. The first kappa shape index (κ1) is 20.1. The van der Waals surface area contributed by atoms with Gasteiger partial charge in [-0.3, -0.25) is 14.5 Å². The van der Waals surface area contributed by atoms with Crippen molar-refractivity contribution in [3.8, 4) is 0 Å². The Kier molecular flexibility index (Phi) is 5.02. The van der Waals surface area contributed by atoms with Crippen LogP contribution in [0.15, 0.2) is 22.5 Å². The lowest BCUT2D eigenvalue weighted by Gasteiger charge is -2.28. The molecule has 0 unspecified atom stereocenters. The zero-order chi connectivity index (χ0) is 20.9. The molecule has 2 saturated heterocycles. The van der Waals surface area contributed by atoms with E-state index < -0.39 is 27.9 Å². The van der Waals surface area contributed by atoms with Crippen LogP contribution in [0.1, 0.15) is 43.1 Å². The van der Waals surface area contributed by atoms with Crippen molar-refractivity contribution < 1.29 is 22.4 Å². The standard InChI is InChI=1S/C19H26N4O5S/c1-12(2)16-17-14(23(19(16)25)29(3,26)27)6-9-22(17)18(24)13-11-28-15(20-13)10-21-7-4-5-8-21/h6,11-12,16-17H,4-5,7-10H2,1-3H3/t16-,17+/m0/s1. The van der Waals surface area contributed by atoms with Crippen molar-refractivity contribution in [2.75, 3.05) is 25.9 Å². The number of likely N-dealkylation sites (tertiary alicyclic amines) is 1. The van der Waals surface area contributed by atoms with Crippen LogP contribution < -0.4 is 0 Å². The van der Waals surface area contributed by atoms with E-state index in [1.54, 1.807) is 6.08 Å². The Labute approximate surface area is 170 Å². The summed E-state index contributed by atoms with van der Waals surface area (Å²) >= 11 is 0. The predicted molar refractivity (Wildman–Crippen MR) is 104 cm³/mol. The number of hydrogen-bond donors (Lipinski definition) is 0. The monoisotopic (exact) mass is 422 g/mol. The SMILES string of the molecule is CC(C)[C@@H]1C(=O)N(S(C)(=O)=O)C2=CCN(C(=O)c3coc(CN4CCCC4)n3)[C@H]21. The molecule has 3 aliphatic heterocycles. The van der Waals surface area contributed by atoms with Gasteiger partial charge in [0.1, 0.15) is 6.26 Å². The van der Waals surface area contributed by atoms with E-state index in [2.05, 4.69) is 9.88 Å². The summed E-state index contributed by atoms with van der Waals surface area (Å²) in [5.41, 5.74) is 0.548. The quantitative estimate of drug-likeness (QED) is 0.699. The molecule has 1 aromatic rings. The fraction of sp³-hybridized carbons (Fsp3) is 0.632. The number of oxazole rings is 1. The second kappa shape index (κ2) is 7.24. The molecule has 0 aliphatic carbocycles. The average Bonchev–Trinajstić information content (AvgIpc) is 3.37. The summed E-state index contributed by atoms with van der Waals surface area (Å²) in [6.07, 6.45) is 6.31. The first-order chi connectivity index (χ1) is 13.7. The molecule has 0 aromatic carbocycles. The second-order valence-electron chi connectivity index (χ2n) is 8.28. The van der Waals surface area contributed by atoms with E-state index in [0.29, 0.717) is 18.1 Å². The van der Waals surface area contributed by atoms with E-state index in [0.717, 1.165) is 36.5 Å². The Balaban J connectivity index is 1.57. The van der Waals surface area contributed by atoms with Crippen LogP contribution in [0.4, 0.5) is 0 Å². The number of hydrogen-bond acceptors (Lipinski definition) is 7. The van der Waals surface area contributed by atoms with Gasteiger partial charge in [-0.05, 0) is 37.9 Å². The van der Waals surface area contributed by atoms with E-state index in [1.807, 2.05) is 13.8 Å². The Morgan fingerprint density at radius 3 is 2.62 bits per heavy atom. The molecule has 3 aliphatic rings. The number of carbonyl (C=O) groups is 2. The van der Waals surface area contributed by atoms with Gasteiger partial charge in [0.15, 0.2) is 5.69 Å². The van der Waals surface area contributed by atoms with Crippen LogP contribution in [-0.4, -0.2) is 71.3 Å². The minimum Gasteiger partial charge on any atom is -0.447 e. The van der Waals surface area contributed by atoms with Crippen LogP contribution in [0, 0.1) is 11.8 Å². The first-order valence-corrected chi connectivity index (χ1v) is 11.7. The van der Waals surface area contributed by atoms with Gasteiger partial charge in [0, 0.05) is 6.54 Å². The highest BCUT2D eigenvalue weighted by atomic mass is 32.2. The molecule has 9 nitrogen and oxygen atoms in total. The summed E-state index contributed by atoms with van der Waals surface area (Å²) in [7, 11) is -3.76. The molecule has 1 aromatic heterocycles. The van der Waals surface area contributed by atoms with Gasteiger partial charge < -0.3 is 9.32 Å². The maximum atomic E-state index is 13.1. The van der Waals surface area contributed by atoms with Gasteiger partial charge in [-0.2, -0.15) is 0 Å². The maximum absolute atomic E-state index is 13.1. The topological polar surface area (TPSA) is 104 Å². The Morgan fingerprint density at radius 1 is 1.31 bits per heavy atom. The summed E-state index contributed by atoms with van der Waals surface area (Å²) in [5.74, 6) is -1.08. The highest BCUT2D eigenvalue weighted by Crippen LogP contribution is 2.41. The molecule has 0 saturated carbocycles. The number of fused-ring (bicyclic) bond motifs is 1. The molecule has 4 heterocycles. The van der Waals surface area contributed by atoms with E-state index >= 15 is 0 Å². The van der Waals surface area contributed by atoms with Crippen LogP contribution in [0.5, 0.6) is 0 Å². The fourth-order valence-corrected chi connectivity index (χ4v) is 5.55. The average molecular weight is 423 g/mol. The van der Waals surface area contributed by atoms with Gasteiger partial charge >= 0.3 is 0 Å². The molecule has 0 N–H and O–H groups in total. The normalized spacial score (nSPS) is 25.2. The van der Waals surface area contributed by atoms with E-state index in [1.165, 1.54) is 11.2 Å². The lowest BCUT2D eigenvalue weighted by molar-refractivity contribution is -0.128. The largest absolute Gasteiger partial charge is 0.447 e. The van der Waals surface area contributed by atoms with Crippen molar-refractivity contribution in [1.29, 1.82) is 0 Å². The van der Waals surface area contributed by atoms with Crippen LogP contribution >= 0.6 is 0 Å². The van der Waals surface area contributed by atoms with Crippen LogP contribution in [0.3, 0.4) is 0 Å². The lowest BCUT2D eigenvalue weighted by Crippen LogP contribution is -2.43. The third-order valence-corrected chi connectivity index (χ3v) is 6.89. The number of rotatable bonds is 5. The van der Waals surface area contributed by atoms with Crippen LogP contribution in [-0.2, 0) is 21.4 Å². The van der Waals surface area contributed by atoms with Crippen LogP contribution in [0.2, 0.25) is 0 Å². The van der Waals surface area contributed by atoms with E-state index in [4.69, 9.17) is 4.42 Å². The van der Waals surface area contributed by atoms with Gasteiger partial charge in [0.2, 0.25) is 21.8 Å². The summed E-state index contributed by atoms with van der Waals surface area (Å²) in [6, 6.07) is -0.608. The fourth-order valence-electron chi connectivity index (χ4n) is 4.54. The van der Waals surface area contributed by atoms with Gasteiger partial charge in [-0.25, -0.2) is 17.7 Å². The van der Waals surface area contributed by atoms with Crippen molar-refractivity contribution in [3.05, 3.63) is 29.6 Å². The number of aromatic nitrogens is 1. The molecule has 2 amide bonds. The van der Waals surface area contributed by atoms with Gasteiger partial charge in [0.25, 0.3) is 5.91 Å². The number of carbonyl (C=O) groups excluding carboxylic acids is 2. The van der Waals surface area contributed by atoms with Crippen molar-refractivity contribution in [2.45, 2.75) is 39.3 Å². The summed E-state index contributed by atoms with van der Waals surface area (Å²) < 4.78 is 30.8. The molecule has 2 fully saturated rings. The zero-order valence-electron chi connectivity index (χ0n) is 16.9. The molecule has 158 valence electrons. The molecule has 0 radical (unpaired) electrons. The highest BCUT2D eigenvalue weighted by molar-refractivity contribution is 7.89.